The highest BCUT2D eigenvalue weighted by molar-refractivity contribution is 5.95. The average Bonchev–Trinajstić information content (AvgIpc) is 2.83. The van der Waals surface area contributed by atoms with Gasteiger partial charge in [-0.1, -0.05) is 0 Å². The largest absolute Gasteiger partial charge is 0.345 e. The van der Waals surface area contributed by atoms with Crippen LogP contribution in [0, 0.1) is 13.8 Å². The van der Waals surface area contributed by atoms with E-state index in [2.05, 4.69) is 15.5 Å². The second-order valence-corrected chi connectivity index (χ2v) is 4.81. The van der Waals surface area contributed by atoms with Crippen molar-refractivity contribution in [3.05, 3.63) is 34.9 Å². The van der Waals surface area contributed by atoms with Gasteiger partial charge in [0.2, 0.25) is 0 Å². The minimum absolute atomic E-state index is 0.0826. The molecule has 0 saturated carbocycles. The number of amides is 1. The molecule has 0 aromatic carbocycles. The number of nitrogens with one attached hydrogen (secondary N) is 1. The van der Waals surface area contributed by atoms with Crippen molar-refractivity contribution in [3.8, 4) is 0 Å². The fourth-order valence-electron chi connectivity index (χ4n) is 2.12. The molecule has 0 spiro atoms. The zero-order chi connectivity index (χ0) is 14.2. The van der Waals surface area contributed by atoms with Gasteiger partial charge in [0.05, 0.1) is 23.5 Å². The van der Waals surface area contributed by atoms with Crippen LogP contribution in [0.1, 0.15) is 40.3 Å². The fraction of sp³-hybridized carbons (Fsp3) is 0.462. The first kappa shape index (κ1) is 13.3. The molecule has 102 valence electrons. The van der Waals surface area contributed by atoms with E-state index in [1.54, 1.807) is 28.8 Å². The summed E-state index contributed by atoms with van der Waals surface area (Å²) in [6.07, 6.45) is 3.52. The molecule has 6 nitrogen and oxygen atoms in total. The van der Waals surface area contributed by atoms with E-state index >= 15 is 0 Å². The van der Waals surface area contributed by atoms with E-state index < -0.39 is 0 Å². The normalized spacial score (nSPS) is 12.5. The highest BCUT2D eigenvalue weighted by atomic mass is 16.1. The third-order valence-electron chi connectivity index (χ3n) is 3.35. The van der Waals surface area contributed by atoms with Crippen LogP contribution in [0.4, 0.5) is 0 Å². The van der Waals surface area contributed by atoms with E-state index in [-0.39, 0.29) is 11.9 Å². The van der Waals surface area contributed by atoms with Crippen LogP contribution in [0.5, 0.6) is 0 Å². The van der Waals surface area contributed by atoms with E-state index in [0.29, 0.717) is 5.56 Å². The van der Waals surface area contributed by atoms with Crippen LogP contribution in [0.2, 0.25) is 0 Å². The van der Waals surface area contributed by atoms with E-state index in [0.717, 1.165) is 17.0 Å². The van der Waals surface area contributed by atoms with Crippen molar-refractivity contribution in [1.29, 1.82) is 0 Å². The molecule has 0 radical (unpaired) electrons. The number of hydrogen-bond acceptors (Lipinski definition) is 3. The van der Waals surface area contributed by atoms with Gasteiger partial charge in [-0.25, -0.2) is 0 Å². The predicted molar refractivity (Wildman–Crippen MR) is 71.8 cm³/mol. The lowest BCUT2D eigenvalue weighted by Crippen LogP contribution is -2.27. The van der Waals surface area contributed by atoms with Crippen LogP contribution >= 0.6 is 0 Å². The van der Waals surface area contributed by atoms with Gasteiger partial charge in [-0.05, 0) is 20.8 Å². The number of aromatic nitrogens is 4. The number of carbonyl (C=O) groups is 1. The van der Waals surface area contributed by atoms with Gasteiger partial charge in [-0.15, -0.1) is 0 Å². The number of rotatable bonds is 3. The Morgan fingerprint density at radius 1 is 1.37 bits per heavy atom. The van der Waals surface area contributed by atoms with Gasteiger partial charge in [-0.3, -0.25) is 14.2 Å². The molecule has 6 heteroatoms. The Hall–Kier alpha value is -2.11. The summed E-state index contributed by atoms with van der Waals surface area (Å²) in [5, 5.41) is 11.3. The Balaban J connectivity index is 2.15. The maximum absolute atomic E-state index is 12.2. The molecule has 0 aliphatic rings. The summed E-state index contributed by atoms with van der Waals surface area (Å²) >= 11 is 0. The molecule has 1 amide bonds. The molecule has 0 aliphatic heterocycles. The molecule has 2 heterocycles. The smallest absolute Gasteiger partial charge is 0.255 e. The first-order valence-corrected chi connectivity index (χ1v) is 6.19. The van der Waals surface area contributed by atoms with E-state index in [9.17, 15) is 4.79 Å². The maximum atomic E-state index is 12.2. The molecular formula is C13H19N5O. The van der Waals surface area contributed by atoms with Crippen LogP contribution in [0.15, 0.2) is 12.4 Å². The molecule has 2 rings (SSSR count). The summed E-state index contributed by atoms with van der Waals surface area (Å²) in [5.74, 6) is -0.110. The van der Waals surface area contributed by atoms with Crippen molar-refractivity contribution < 1.29 is 4.79 Å². The van der Waals surface area contributed by atoms with Crippen molar-refractivity contribution in [3.63, 3.8) is 0 Å². The molecule has 0 fully saturated rings. The number of nitrogens with zero attached hydrogens (tertiary/aromatic N) is 4. The van der Waals surface area contributed by atoms with E-state index in [1.165, 1.54) is 0 Å². The van der Waals surface area contributed by atoms with Crippen molar-refractivity contribution >= 4 is 5.91 Å². The first-order chi connectivity index (χ1) is 8.90. The topological polar surface area (TPSA) is 64.7 Å². The predicted octanol–water partition coefficient (Wildman–Crippen LogP) is 1.26. The van der Waals surface area contributed by atoms with Gasteiger partial charge >= 0.3 is 0 Å². The zero-order valence-electron chi connectivity index (χ0n) is 11.9. The molecule has 1 N–H and O–H groups in total. The fourth-order valence-corrected chi connectivity index (χ4v) is 2.12. The molecule has 2 aromatic rings. The van der Waals surface area contributed by atoms with Crippen molar-refractivity contribution in [2.24, 2.45) is 14.1 Å². The minimum atomic E-state index is -0.110. The van der Waals surface area contributed by atoms with Gasteiger partial charge in [0, 0.05) is 31.5 Å². The highest BCUT2D eigenvalue weighted by Crippen LogP contribution is 2.17. The van der Waals surface area contributed by atoms with Crippen LogP contribution in [0.3, 0.4) is 0 Å². The zero-order valence-corrected chi connectivity index (χ0v) is 11.9. The second-order valence-electron chi connectivity index (χ2n) is 4.81. The SMILES string of the molecule is Cc1nn(C)cc1C(=O)NC(C)c1cnn(C)c1C. The van der Waals surface area contributed by atoms with Gasteiger partial charge in [0.25, 0.3) is 5.91 Å². The minimum Gasteiger partial charge on any atom is -0.345 e. The number of carbonyl (C=O) groups excluding carboxylic acids is 1. The lowest BCUT2D eigenvalue weighted by atomic mass is 10.1. The molecule has 0 bridgehead atoms. The van der Waals surface area contributed by atoms with Crippen molar-refractivity contribution in [1.82, 2.24) is 24.9 Å². The molecule has 0 aliphatic carbocycles. The standard InChI is InChI=1S/C13H19N5O/c1-8(11-6-14-18(5)10(11)3)15-13(19)12-7-17(4)16-9(12)2/h6-8H,1-5H3,(H,15,19). The van der Waals surface area contributed by atoms with Crippen LogP contribution in [0.25, 0.3) is 0 Å². The Bertz CT molecular complexity index is 611. The monoisotopic (exact) mass is 261 g/mol. The molecule has 1 atom stereocenters. The lowest BCUT2D eigenvalue weighted by Gasteiger charge is -2.13. The number of hydrogen-bond donors (Lipinski definition) is 1. The maximum Gasteiger partial charge on any atom is 0.255 e. The first-order valence-electron chi connectivity index (χ1n) is 6.19. The van der Waals surface area contributed by atoms with Crippen molar-refractivity contribution in [2.45, 2.75) is 26.8 Å². The summed E-state index contributed by atoms with van der Waals surface area (Å²) in [7, 11) is 3.69. The highest BCUT2D eigenvalue weighted by Gasteiger charge is 2.18. The van der Waals surface area contributed by atoms with Gasteiger partial charge in [0.15, 0.2) is 0 Å². The van der Waals surface area contributed by atoms with E-state index in [4.69, 9.17) is 0 Å². The van der Waals surface area contributed by atoms with Gasteiger partial charge in [0.1, 0.15) is 0 Å². The molecule has 2 aromatic heterocycles. The summed E-state index contributed by atoms with van der Waals surface area (Å²) in [6, 6.07) is -0.0826. The summed E-state index contributed by atoms with van der Waals surface area (Å²) in [5.41, 5.74) is 3.42. The summed E-state index contributed by atoms with van der Waals surface area (Å²) < 4.78 is 3.44. The molecule has 1 unspecified atom stereocenters. The van der Waals surface area contributed by atoms with Crippen LogP contribution < -0.4 is 5.32 Å². The summed E-state index contributed by atoms with van der Waals surface area (Å²) in [6.45, 7) is 5.77. The Labute approximate surface area is 112 Å². The Morgan fingerprint density at radius 3 is 2.53 bits per heavy atom. The molecule has 0 saturated heterocycles. The van der Waals surface area contributed by atoms with E-state index in [1.807, 2.05) is 27.8 Å². The Morgan fingerprint density at radius 2 is 2.05 bits per heavy atom. The van der Waals surface area contributed by atoms with Gasteiger partial charge in [-0.2, -0.15) is 10.2 Å². The van der Waals surface area contributed by atoms with Crippen LogP contribution in [-0.4, -0.2) is 25.5 Å². The summed E-state index contributed by atoms with van der Waals surface area (Å²) in [4.78, 5) is 12.2. The average molecular weight is 261 g/mol. The molecule has 19 heavy (non-hydrogen) atoms. The third kappa shape index (κ3) is 2.52. The Kier molecular flexibility index (Phi) is 3.42. The lowest BCUT2D eigenvalue weighted by molar-refractivity contribution is 0.0939. The quantitative estimate of drug-likeness (QED) is 0.904. The molecular weight excluding hydrogens is 242 g/mol. The number of aryl methyl sites for hydroxylation is 3. The van der Waals surface area contributed by atoms with Crippen molar-refractivity contribution in [2.75, 3.05) is 0 Å². The van der Waals surface area contributed by atoms with Gasteiger partial charge < -0.3 is 5.32 Å². The third-order valence-corrected chi connectivity index (χ3v) is 3.35. The van der Waals surface area contributed by atoms with Crippen LogP contribution in [-0.2, 0) is 14.1 Å². The second kappa shape index (κ2) is 4.87.